The van der Waals surface area contributed by atoms with Crippen LogP contribution in [0.15, 0.2) is 18.3 Å². The molecule has 19 heavy (non-hydrogen) atoms. The number of aromatic nitrogens is 1. The van der Waals surface area contributed by atoms with Crippen molar-refractivity contribution in [2.75, 3.05) is 6.54 Å². The Balaban J connectivity index is 2.09. The molecule has 0 spiro atoms. The Hall–Kier alpha value is -1.42. The quantitative estimate of drug-likeness (QED) is 0.854. The largest absolute Gasteiger partial charge is 0.336 e. The first-order chi connectivity index (χ1) is 9.11. The van der Waals surface area contributed by atoms with Crippen molar-refractivity contribution in [3.8, 4) is 0 Å². The van der Waals surface area contributed by atoms with Crippen molar-refractivity contribution >= 4 is 5.91 Å². The molecular formula is C15H23N3O. The van der Waals surface area contributed by atoms with Crippen LogP contribution in [-0.4, -0.2) is 28.4 Å². The Morgan fingerprint density at radius 2 is 2.26 bits per heavy atom. The molecule has 1 amide bonds. The van der Waals surface area contributed by atoms with Gasteiger partial charge < -0.3 is 10.6 Å². The van der Waals surface area contributed by atoms with Gasteiger partial charge in [-0.2, -0.15) is 0 Å². The molecule has 4 nitrogen and oxygen atoms in total. The molecule has 2 N–H and O–H groups in total. The number of hydrogen-bond acceptors (Lipinski definition) is 3. The summed E-state index contributed by atoms with van der Waals surface area (Å²) in [4.78, 5) is 18.7. The Morgan fingerprint density at radius 1 is 1.53 bits per heavy atom. The van der Waals surface area contributed by atoms with Crippen molar-refractivity contribution in [3.05, 3.63) is 29.6 Å². The monoisotopic (exact) mass is 261 g/mol. The van der Waals surface area contributed by atoms with Gasteiger partial charge in [-0.05, 0) is 37.3 Å². The molecule has 1 aromatic heterocycles. The standard InChI is InChI=1S/C15H23N3O/c1-11(2)6-8-18(14-3-4-14)15(19)12-5-7-17-13(9-12)10-16/h5,7,9,11,14H,3-4,6,8,10,16H2,1-2H3. The number of rotatable bonds is 6. The van der Waals surface area contributed by atoms with Crippen LogP contribution in [0.2, 0.25) is 0 Å². The van der Waals surface area contributed by atoms with Crippen LogP contribution < -0.4 is 5.73 Å². The summed E-state index contributed by atoms with van der Waals surface area (Å²) in [7, 11) is 0. The van der Waals surface area contributed by atoms with Crippen molar-refractivity contribution in [3.63, 3.8) is 0 Å². The lowest BCUT2D eigenvalue weighted by molar-refractivity contribution is 0.0735. The van der Waals surface area contributed by atoms with Crippen LogP contribution in [0.5, 0.6) is 0 Å². The molecule has 2 rings (SSSR count). The van der Waals surface area contributed by atoms with E-state index in [1.54, 1.807) is 12.3 Å². The molecule has 0 aliphatic heterocycles. The summed E-state index contributed by atoms with van der Waals surface area (Å²) in [5.41, 5.74) is 7.06. The predicted octanol–water partition coefficient (Wildman–Crippen LogP) is 2.19. The lowest BCUT2D eigenvalue weighted by Gasteiger charge is -2.23. The molecule has 104 valence electrons. The maximum Gasteiger partial charge on any atom is 0.254 e. The average Bonchev–Trinajstić information content (AvgIpc) is 3.23. The van der Waals surface area contributed by atoms with Gasteiger partial charge in [-0.25, -0.2) is 0 Å². The van der Waals surface area contributed by atoms with E-state index in [0.717, 1.165) is 31.5 Å². The molecule has 0 radical (unpaired) electrons. The number of nitrogens with two attached hydrogens (primary N) is 1. The smallest absolute Gasteiger partial charge is 0.254 e. The topological polar surface area (TPSA) is 59.2 Å². The van der Waals surface area contributed by atoms with Crippen molar-refractivity contribution in [2.24, 2.45) is 11.7 Å². The van der Waals surface area contributed by atoms with Gasteiger partial charge in [0.1, 0.15) is 0 Å². The number of nitrogens with zero attached hydrogens (tertiary/aromatic N) is 2. The van der Waals surface area contributed by atoms with E-state index in [-0.39, 0.29) is 5.91 Å². The van der Waals surface area contributed by atoms with E-state index in [1.807, 2.05) is 11.0 Å². The number of amides is 1. The number of hydrogen-bond donors (Lipinski definition) is 1. The maximum absolute atomic E-state index is 12.6. The molecule has 0 bridgehead atoms. The molecule has 1 aliphatic carbocycles. The molecule has 1 heterocycles. The summed E-state index contributed by atoms with van der Waals surface area (Å²) in [6.45, 7) is 5.60. The molecule has 0 saturated heterocycles. The first kappa shape index (κ1) is 14.0. The molecule has 0 aromatic carbocycles. The zero-order valence-corrected chi connectivity index (χ0v) is 11.8. The summed E-state index contributed by atoms with van der Waals surface area (Å²) in [5.74, 6) is 0.742. The molecule has 4 heteroatoms. The fourth-order valence-corrected chi connectivity index (χ4v) is 2.12. The Labute approximate surface area is 115 Å². The maximum atomic E-state index is 12.6. The summed E-state index contributed by atoms with van der Waals surface area (Å²) in [6, 6.07) is 4.04. The second-order valence-electron chi connectivity index (χ2n) is 5.65. The molecule has 1 aromatic rings. The third-order valence-electron chi connectivity index (χ3n) is 3.47. The van der Waals surface area contributed by atoms with Crippen LogP contribution in [0.3, 0.4) is 0 Å². The SMILES string of the molecule is CC(C)CCN(C(=O)c1ccnc(CN)c1)C1CC1. The van der Waals surface area contributed by atoms with Crippen LogP contribution in [0.1, 0.15) is 49.2 Å². The minimum absolute atomic E-state index is 0.125. The van der Waals surface area contributed by atoms with E-state index in [2.05, 4.69) is 18.8 Å². The molecule has 1 aliphatic rings. The molecule has 1 saturated carbocycles. The predicted molar refractivity (Wildman–Crippen MR) is 75.6 cm³/mol. The summed E-state index contributed by atoms with van der Waals surface area (Å²) < 4.78 is 0. The highest BCUT2D eigenvalue weighted by molar-refractivity contribution is 5.94. The van der Waals surface area contributed by atoms with Gasteiger partial charge in [0.2, 0.25) is 0 Å². The first-order valence-electron chi connectivity index (χ1n) is 7.07. The second-order valence-corrected chi connectivity index (χ2v) is 5.65. The van der Waals surface area contributed by atoms with Gasteiger partial charge >= 0.3 is 0 Å². The van der Waals surface area contributed by atoms with E-state index in [9.17, 15) is 4.79 Å². The van der Waals surface area contributed by atoms with Gasteiger partial charge in [-0.1, -0.05) is 13.8 Å². The van der Waals surface area contributed by atoms with Gasteiger partial charge in [-0.15, -0.1) is 0 Å². The number of carbonyl (C=O) groups is 1. The van der Waals surface area contributed by atoms with Gasteiger partial charge in [0, 0.05) is 30.9 Å². The van der Waals surface area contributed by atoms with Crippen molar-refractivity contribution in [1.82, 2.24) is 9.88 Å². The Kier molecular flexibility index (Phi) is 4.53. The Morgan fingerprint density at radius 3 is 2.84 bits per heavy atom. The summed E-state index contributed by atoms with van der Waals surface area (Å²) >= 11 is 0. The molecule has 0 unspecified atom stereocenters. The highest BCUT2D eigenvalue weighted by Gasteiger charge is 2.32. The van der Waals surface area contributed by atoms with E-state index < -0.39 is 0 Å². The lowest BCUT2D eigenvalue weighted by atomic mass is 10.1. The second kappa shape index (κ2) is 6.15. The fraction of sp³-hybridized carbons (Fsp3) is 0.600. The van der Waals surface area contributed by atoms with Gasteiger partial charge in [-0.3, -0.25) is 9.78 Å². The number of pyridine rings is 1. The van der Waals surface area contributed by atoms with Gasteiger partial charge in [0.25, 0.3) is 5.91 Å². The minimum atomic E-state index is 0.125. The van der Waals surface area contributed by atoms with E-state index in [0.29, 0.717) is 24.1 Å². The zero-order chi connectivity index (χ0) is 13.8. The van der Waals surface area contributed by atoms with Gasteiger partial charge in [0.15, 0.2) is 0 Å². The fourth-order valence-electron chi connectivity index (χ4n) is 2.12. The summed E-state index contributed by atoms with van der Waals surface area (Å²) in [6.07, 6.45) is 5.00. The van der Waals surface area contributed by atoms with Crippen molar-refractivity contribution in [1.29, 1.82) is 0 Å². The Bertz CT molecular complexity index is 441. The third kappa shape index (κ3) is 3.77. The van der Waals surface area contributed by atoms with Crippen LogP contribution in [0.4, 0.5) is 0 Å². The normalized spacial score (nSPS) is 14.7. The molecule has 0 atom stereocenters. The van der Waals surface area contributed by atoms with E-state index >= 15 is 0 Å². The lowest BCUT2D eigenvalue weighted by Crippen LogP contribution is -2.34. The highest BCUT2D eigenvalue weighted by atomic mass is 16.2. The van der Waals surface area contributed by atoms with Crippen LogP contribution >= 0.6 is 0 Å². The molecule has 1 fully saturated rings. The van der Waals surface area contributed by atoms with E-state index in [4.69, 9.17) is 5.73 Å². The highest BCUT2D eigenvalue weighted by Crippen LogP contribution is 2.29. The van der Waals surface area contributed by atoms with Gasteiger partial charge in [0.05, 0.1) is 5.69 Å². The van der Waals surface area contributed by atoms with Crippen molar-refractivity contribution in [2.45, 2.75) is 45.7 Å². The minimum Gasteiger partial charge on any atom is -0.336 e. The van der Waals surface area contributed by atoms with Crippen molar-refractivity contribution < 1.29 is 4.79 Å². The zero-order valence-electron chi connectivity index (χ0n) is 11.8. The number of carbonyl (C=O) groups excluding carboxylic acids is 1. The average molecular weight is 261 g/mol. The summed E-state index contributed by atoms with van der Waals surface area (Å²) in [5, 5.41) is 0. The van der Waals surface area contributed by atoms with Crippen LogP contribution in [-0.2, 0) is 6.54 Å². The first-order valence-corrected chi connectivity index (χ1v) is 7.07. The van der Waals surface area contributed by atoms with E-state index in [1.165, 1.54) is 0 Å². The third-order valence-corrected chi connectivity index (χ3v) is 3.47. The van der Waals surface area contributed by atoms with Crippen LogP contribution in [0, 0.1) is 5.92 Å². The van der Waals surface area contributed by atoms with Crippen LogP contribution in [0.25, 0.3) is 0 Å². The molecular weight excluding hydrogens is 238 g/mol.